The molecule has 0 spiro atoms. The van der Waals surface area contributed by atoms with E-state index < -0.39 is 16.8 Å². The zero-order valence-corrected chi connectivity index (χ0v) is 14.8. The van der Waals surface area contributed by atoms with E-state index >= 15 is 0 Å². The van der Waals surface area contributed by atoms with Crippen molar-refractivity contribution in [1.82, 2.24) is 5.32 Å². The van der Waals surface area contributed by atoms with Crippen molar-refractivity contribution in [3.63, 3.8) is 0 Å². The first-order valence-corrected chi connectivity index (χ1v) is 7.87. The number of carbonyl (C=O) groups is 2. The summed E-state index contributed by atoms with van der Waals surface area (Å²) < 4.78 is 0.580. The number of anilines is 1. The van der Waals surface area contributed by atoms with E-state index in [9.17, 15) is 24.8 Å². The zero-order valence-electron chi connectivity index (χ0n) is 12.4. The van der Waals surface area contributed by atoms with E-state index in [4.69, 9.17) is 12.2 Å². The second-order valence-corrected chi connectivity index (χ2v) is 6.03. The van der Waals surface area contributed by atoms with Gasteiger partial charge < -0.3 is 10.4 Å². The van der Waals surface area contributed by atoms with Crippen LogP contribution in [0.25, 0.3) is 0 Å². The molecule has 10 heteroatoms. The van der Waals surface area contributed by atoms with E-state index in [1.54, 1.807) is 6.07 Å². The van der Waals surface area contributed by atoms with E-state index in [0.29, 0.717) is 4.47 Å². The minimum atomic E-state index is -1.16. The number of non-ortho nitro benzene ring substituents is 1. The van der Waals surface area contributed by atoms with Crippen LogP contribution in [0.3, 0.4) is 0 Å². The van der Waals surface area contributed by atoms with Gasteiger partial charge in [0.25, 0.3) is 11.6 Å². The number of carboxylic acid groups (broad SMARTS) is 1. The zero-order chi connectivity index (χ0) is 18.6. The summed E-state index contributed by atoms with van der Waals surface area (Å²) in [5, 5.41) is 24.7. The van der Waals surface area contributed by atoms with Crippen LogP contribution >= 0.6 is 28.1 Å². The maximum Gasteiger partial charge on any atom is 0.337 e. The number of nitro groups is 1. The lowest BCUT2D eigenvalue weighted by atomic mass is 10.2. The normalized spacial score (nSPS) is 9.96. The highest BCUT2D eigenvalue weighted by Gasteiger charge is 2.14. The molecule has 0 bridgehead atoms. The highest BCUT2D eigenvalue weighted by Crippen LogP contribution is 2.21. The first-order valence-electron chi connectivity index (χ1n) is 6.67. The number of halogens is 1. The molecule has 0 aliphatic rings. The molecule has 0 radical (unpaired) electrons. The summed E-state index contributed by atoms with van der Waals surface area (Å²) >= 11 is 8.18. The largest absolute Gasteiger partial charge is 0.478 e. The van der Waals surface area contributed by atoms with Crippen molar-refractivity contribution in [2.75, 3.05) is 5.32 Å². The van der Waals surface area contributed by atoms with Crippen molar-refractivity contribution >= 4 is 56.5 Å². The fourth-order valence-electron chi connectivity index (χ4n) is 1.87. The smallest absolute Gasteiger partial charge is 0.337 e. The molecule has 2 aromatic carbocycles. The van der Waals surface area contributed by atoms with Gasteiger partial charge in [-0.2, -0.15) is 0 Å². The van der Waals surface area contributed by atoms with E-state index in [1.807, 2.05) is 0 Å². The maximum absolute atomic E-state index is 12.1. The summed E-state index contributed by atoms with van der Waals surface area (Å²) in [5.74, 6) is -1.74. The second-order valence-electron chi connectivity index (χ2n) is 4.71. The maximum atomic E-state index is 12.1. The molecular weight excluding hydrogens is 414 g/mol. The Hall–Kier alpha value is -2.85. The van der Waals surface area contributed by atoms with Crippen molar-refractivity contribution in [2.24, 2.45) is 0 Å². The van der Waals surface area contributed by atoms with Gasteiger partial charge in [-0.05, 0) is 42.5 Å². The van der Waals surface area contributed by atoms with E-state index in [2.05, 4.69) is 26.6 Å². The minimum Gasteiger partial charge on any atom is -0.478 e. The number of aromatic carboxylic acids is 1. The van der Waals surface area contributed by atoms with Crippen LogP contribution in [-0.4, -0.2) is 27.0 Å². The molecule has 0 saturated heterocycles. The van der Waals surface area contributed by atoms with Crippen molar-refractivity contribution in [2.45, 2.75) is 0 Å². The third-order valence-corrected chi connectivity index (χ3v) is 3.72. The quantitative estimate of drug-likeness (QED) is 0.392. The number of nitrogens with one attached hydrogen (secondary N) is 2. The SMILES string of the molecule is O=C(NC(=S)Nc1ccc(Br)cc1C(=O)O)c1ccc([N+](=O)[O-])cc1. The first kappa shape index (κ1) is 18.5. The standard InChI is InChI=1S/C15H10BrN3O5S/c16-9-3-6-12(11(7-9)14(21)22)17-15(25)18-13(20)8-1-4-10(5-2-8)19(23)24/h1-7H,(H,21,22)(H2,17,18,20,25). The molecule has 3 N–H and O–H groups in total. The molecule has 128 valence electrons. The van der Waals surface area contributed by atoms with Crippen LogP contribution in [-0.2, 0) is 0 Å². The molecule has 0 saturated carbocycles. The Kier molecular flexibility index (Phi) is 5.78. The van der Waals surface area contributed by atoms with Crippen LogP contribution in [0.1, 0.15) is 20.7 Å². The fourth-order valence-corrected chi connectivity index (χ4v) is 2.43. The van der Waals surface area contributed by atoms with Crippen molar-refractivity contribution in [3.05, 3.63) is 68.2 Å². The Morgan fingerprint density at radius 1 is 1.16 bits per heavy atom. The summed E-state index contributed by atoms with van der Waals surface area (Å²) in [6, 6.07) is 9.49. The number of hydrogen-bond acceptors (Lipinski definition) is 5. The first-order chi connectivity index (χ1) is 11.8. The summed E-state index contributed by atoms with van der Waals surface area (Å²) in [6.45, 7) is 0. The summed E-state index contributed by atoms with van der Waals surface area (Å²) in [5.41, 5.74) is 0.216. The molecule has 0 fully saturated rings. The predicted octanol–water partition coefficient (Wildman–Crippen LogP) is 3.18. The molecule has 0 aliphatic heterocycles. The van der Waals surface area contributed by atoms with Crippen LogP contribution in [0.4, 0.5) is 11.4 Å². The van der Waals surface area contributed by atoms with Crippen LogP contribution in [0.15, 0.2) is 46.9 Å². The molecule has 8 nitrogen and oxygen atoms in total. The highest BCUT2D eigenvalue weighted by atomic mass is 79.9. The van der Waals surface area contributed by atoms with Crippen molar-refractivity contribution in [1.29, 1.82) is 0 Å². The lowest BCUT2D eigenvalue weighted by Crippen LogP contribution is -2.34. The minimum absolute atomic E-state index is 0.0266. The number of amides is 1. The molecule has 0 aromatic heterocycles. The average molecular weight is 424 g/mol. The molecule has 25 heavy (non-hydrogen) atoms. The van der Waals surface area contributed by atoms with Crippen LogP contribution in [0.5, 0.6) is 0 Å². The van der Waals surface area contributed by atoms with Crippen LogP contribution < -0.4 is 10.6 Å². The van der Waals surface area contributed by atoms with Gasteiger partial charge in [0.05, 0.1) is 16.2 Å². The van der Waals surface area contributed by atoms with Gasteiger partial charge in [-0.1, -0.05) is 15.9 Å². The topological polar surface area (TPSA) is 122 Å². The number of hydrogen-bond donors (Lipinski definition) is 3. The third kappa shape index (κ3) is 4.81. The number of nitro benzene ring substituents is 1. The van der Waals surface area contributed by atoms with Gasteiger partial charge in [0.1, 0.15) is 0 Å². The van der Waals surface area contributed by atoms with E-state index in [0.717, 1.165) is 0 Å². The highest BCUT2D eigenvalue weighted by molar-refractivity contribution is 9.10. The Balaban J connectivity index is 2.08. The molecule has 2 rings (SSSR count). The van der Waals surface area contributed by atoms with Gasteiger partial charge in [0.15, 0.2) is 5.11 Å². The van der Waals surface area contributed by atoms with Crippen LogP contribution in [0.2, 0.25) is 0 Å². The van der Waals surface area contributed by atoms with Gasteiger partial charge in [0, 0.05) is 22.2 Å². The Morgan fingerprint density at radius 2 is 1.80 bits per heavy atom. The molecule has 0 atom stereocenters. The van der Waals surface area contributed by atoms with Crippen molar-refractivity contribution < 1.29 is 19.6 Å². The number of benzene rings is 2. The number of carboxylic acids is 1. The molecule has 0 aliphatic carbocycles. The molecule has 2 aromatic rings. The number of thiocarbonyl (C=S) groups is 1. The third-order valence-electron chi connectivity index (χ3n) is 3.03. The van der Waals surface area contributed by atoms with Crippen molar-refractivity contribution in [3.8, 4) is 0 Å². The summed E-state index contributed by atoms with van der Waals surface area (Å²) in [6.07, 6.45) is 0. The molecule has 0 unspecified atom stereocenters. The van der Waals surface area contributed by atoms with Gasteiger partial charge in [-0.3, -0.25) is 20.2 Å². The monoisotopic (exact) mass is 423 g/mol. The van der Waals surface area contributed by atoms with Gasteiger partial charge in [0.2, 0.25) is 0 Å². The van der Waals surface area contributed by atoms with Crippen LogP contribution in [0, 0.1) is 10.1 Å². The molecule has 0 heterocycles. The van der Waals surface area contributed by atoms with E-state index in [1.165, 1.54) is 36.4 Å². The number of carbonyl (C=O) groups excluding carboxylic acids is 1. The second kappa shape index (κ2) is 7.81. The summed E-state index contributed by atoms with van der Waals surface area (Å²) in [7, 11) is 0. The van der Waals surface area contributed by atoms with Gasteiger partial charge >= 0.3 is 5.97 Å². The number of rotatable bonds is 4. The predicted molar refractivity (Wildman–Crippen MR) is 97.9 cm³/mol. The summed E-state index contributed by atoms with van der Waals surface area (Å²) in [4.78, 5) is 33.3. The lowest BCUT2D eigenvalue weighted by molar-refractivity contribution is -0.384. The Morgan fingerprint density at radius 3 is 2.36 bits per heavy atom. The molecule has 1 amide bonds. The Bertz CT molecular complexity index is 870. The van der Waals surface area contributed by atoms with Gasteiger partial charge in [-0.15, -0.1) is 0 Å². The van der Waals surface area contributed by atoms with E-state index in [-0.39, 0.29) is 27.6 Å². The average Bonchev–Trinajstić information content (AvgIpc) is 2.56. The molecular formula is C15H10BrN3O5S. The number of nitrogens with zero attached hydrogens (tertiary/aromatic N) is 1. The Labute approximate surface area is 155 Å². The lowest BCUT2D eigenvalue weighted by Gasteiger charge is -2.12. The fraction of sp³-hybridized carbons (Fsp3) is 0. The van der Waals surface area contributed by atoms with Gasteiger partial charge in [-0.25, -0.2) is 4.79 Å².